The molecule has 7 atom stereocenters. The summed E-state index contributed by atoms with van der Waals surface area (Å²) < 4.78 is 11.6. The first-order valence-corrected chi connectivity index (χ1v) is 7.71. The van der Waals surface area contributed by atoms with Gasteiger partial charge in [-0.3, -0.25) is 4.79 Å². The summed E-state index contributed by atoms with van der Waals surface area (Å²) in [6.45, 7) is 6.06. The highest BCUT2D eigenvalue weighted by molar-refractivity contribution is 5.74. The molecule has 112 valence electrons. The van der Waals surface area contributed by atoms with Gasteiger partial charge in [0.2, 0.25) is 12.1 Å². The fourth-order valence-corrected chi connectivity index (χ4v) is 4.76. The van der Waals surface area contributed by atoms with E-state index in [1.54, 1.807) is 0 Å². The summed E-state index contributed by atoms with van der Waals surface area (Å²) in [6, 6.07) is 0. The standard InChI is InChI=1S/C15H22O5/c1-8-4-5-11-9(2)12(16)17-13-15(11)10(8)6-7-14(3,18-13)19-20-15/h8-11,13H,4-7H2,1-3H3/t8-,9-,10+,11-,13+,14-,15-/m0/s1. The van der Waals surface area contributed by atoms with Crippen LogP contribution in [0.15, 0.2) is 0 Å². The van der Waals surface area contributed by atoms with E-state index in [9.17, 15) is 4.79 Å². The molecule has 5 nitrogen and oxygen atoms in total. The van der Waals surface area contributed by atoms with E-state index in [1.807, 2.05) is 13.8 Å². The molecule has 5 aliphatic rings. The number of carbonyl (C=O) groups excluding carboxylic acids is 1. The van der Waals surface area contributed by atoms with E-state index >= 15 is 0 Å². The Hall–Kier alpha value is -0.650. The lowest BCUT2D eigenvalue weighted by Gasteiger charge is -2.57. The summed E-state index contributed by atoms with van der Waals surface area (Å²) in [7, 11) is 0. The third-order valence-electron chi connectivity index (χ3n) is 5.97. The van der Waals surface area contributed by atoms with Crippen LogP contribution in [-0.4, -0.2) is 23.6 Å². The van der Waals surface area contributed by atoms with Gasteiger partial charge in [-0.2, -0.15) is 0 Å². The van der Waals surface area contributed by atoms with E-state index in [0.717, 1.165) is 25.7 Å². The smallest absolute Gasteiger partial charge is 0.311 e. The molecule has 0 aromatic heterocycles. The summed E-state index contributed by atoms with van der Waals surface area (Å²) >= 11 is 0. The maximum atomic E-state index is 12.1. The Morgan fingerprint density at radius 2 is 1.90 bits per heavy atom. The number of fused-ring (bicyclic) bond motifs is 2. The van der Waals surface area contributed by atoms with Crippen molar-refractivity contribution < 1.29 is 24.0 Å². The third-order valence-corrected chi connectivity index (χ3v) is 5.97. The normalized spacial score (nSPS) is 57.8. The molecule has 1 spiro atoms. The molecule has 4 saturated heterocycles. The van der Waals surface area contributed by atoms with Crippen molar-refractivity contribution in [1.82, 2.24) is 0 Å². The Morgan fingerprint density at radius 1 is 1.10 bits per heavy atom. The molecule has 2 bridgehead atoms. The molecule has 4 heterocycles. The monoisotopic (exact) mass is 282 g/mol. The summed E-state index contributed by atoms with van der Waals surface area (Å²) in [5.41, 5.74) is -0.610. The molecule has 5 rings (SSSR count). The molecule has 0 N–H and O–H groups in total. The van der Waals surface area contributed by atoms with Crippen LogP contribution in [0.2, 0.25) is 0 Å². The molecule has 5 fully saturated rings. The molecule has 0 radical (unpaired) electrons. The first kappa shape index (κ1) is 13.0. The fraction of sp³-hybridized carbons (Fsp3) is 0.933. The van der Waals surface area contributed by atoms with Crippen LogP contribution in [0.1, 0.15) is 46.5 Å². The molecule has 1 saturated carbocycles. The van der Waals surface area contributed by atoms with Gasteiger partial charge in [0.25, 0.3) is 0 Å². The van der Waals surface area contributed by atoms with Crippen LogP contribution in [0.5, 0.6) is 0 Å². The molecular weight excluding hydrogens is 260 g/mol. The van der Waals surface area contributed by atoms with Gasteiger partial charge in [0.1, 0.15) is 0 Å². The molecular formula is C15H22O5. The van der Waals surface area contributed by atoms with Crippen LogP contribution in [0.3, 0.4) is 0 Å². The molecule has 0 unspecified atom stereocenters. The molecule has 20 heavy (non-hydrogen) atoms. The van der Waals surface area contributed by atoms with Crippen LogP contribution in [0.25, 0.3) is 0 Å². The van der Waals surface area contributed by atoms with Gasteiger partial charge in [0.15, 0.2) is 5.60 Å². The zero-order valence-electron chi connectivity index (χ0n) is 12.3. The molecule has 0 amide bonds. The van der Waals surface area contributed by atoms with Crippen molar-refractivity contribution in [2.75, 3.05) is 0 Å². The van der Waals surface area contributed by atoms with Gasteiger partial charge in [-0.1, -0.05) is 13.8 Å². The minimum atomic E-state index is -0.793. The highest BCUT2D eigenvalue weighted by Gasteiger charge is 2.69. The van der Waals surface area contributed by atoms with Crippen LogP contribution >= 0.6 is 0 Å². The van der Waals surface area contributed by atoms with Gasteiger partial charge in [-0.25, -0.2) is 9.78 Å². The third kappa shape index (κ3) is 1.46. The maximum Gasteiger partial charge on any atom is 0.311 e. The average molecular weight is 282 g/mol. The van der Waals surface area contributed by atoms with Gasteiger partial charge in [-0.15, -0.1) is 0 Å². The summed E-state index contributed by atoms with van der Waals surface area (Å²) in [6.07, 6.45) is 3.24. The Balaban J connectivity index is 1.84. The van der Waals surface area contributed by atoms with Crippen molar-refractivity contribution in [3.63, 3.8) is 0 Å². The fourth-order valence-electron chi connectivity index (χ4n) is 4.76. The quantitative estimate of drug-likeness (QED) is 0.504. The van der Waals surface area contributed by atoms with Gasteiger partial charge >= 0.3 is 5.97 Å². The van der Waals surface area contributed by atoms with E-state index < -0.39 is 17.7 Å². The average Bonchev–Trinajstić information content (AvgIpc) is 2.63. The molecule has 0 aromatic carbocycles. The highest BCUT2D eigenvalue weighted by Crippen LogP contribution is 2.59. The van der Waals surface area contributed by atoms with E-state index in [0.29, 0.717) is 11.8 Å². The van der Waals surface area contributed by atoms with Crippen LogP contribution < -0.4 is 0 Å². The predicted molar refractivity (Wildman–Crippen MR) is 68.0 cm³/mol. The number of ether oxygens (including phenoxy) is 2. The van der Waals surface area contributed by atoms with Gasteiger partial charge < -0.3 is 9.47 Å². The maximum absolute atomic E-state index is 12.1. The molecule has 1 aliphatic carbocycles. The molecule has 5 heteroatoms. The van der Waals surface area contributed by atoms with E-state index in [-0.39, 0.29) is 17.8 Å². The number of hydrogen-bond acceptors (Lipinski definition) is 5. The van der Waals surface area contributed by atoms with E-state index in [1.165, 1.54) is 0 Å². The largest absolute Gasteiger partial charge is 0.432 e. The lowest BCUT2D eigenvalue weighted by atomic mass is 9.58. The van der Waals surface area contributed by atoms with Crippen molar-refractivity contribution in [3.05, 3.63) is 0 Å². The van der Waals surface area contributed by atoms with E-state index in [4.69, 9.17) is 19.2 Å². The van der Waals surface area contributed by atoms with Crippen LogP contribution in [-0.2, 0) is 24.0 Å². The van der Waals surface area contributed by atoms with Crippen molar-refractivity contribution >= 4 is 5.97 Å². The highest BCUT2D eigenvalue weighted by atomic mass is 17.3. The minimum absolute atomic E-state index is 0.123. The number of hydrogen-bond donors (Lipinski definition) is 0. The first-order valence-electron chi connectivity index (χ1n) is 7.71. The zero-order chi connectivity index (χ0) is 14.1. The van der Waals surface area contributed by atoms with E-state index in [2.05, 4.69) is 6.92 Å². The number of carbonyl (C=O) groups is 1. The Bertz CT molecular complexity index is 452. The Morgan fingerprint density at radius 3 is 2.70 bits per heavy atom. The second-order valence-corrected chi connectivity index (χ2v) is 7.14. The SMILES string of the molecule is C[C@@H]1C(=O)O[C@@H]2O[C@]3(C)CC[C@@H]4[C@@H](C)CC[C@@H]1[C@]24OO3. The predicted octanol–water partition coefficient (Wildman–Crippen LogP) is 2.39. The number of esters is 1. The molecule has 4 aliphatic heterocycles. The second kappa shape index (κ2) is 3.96. The van der Waals surface area contributed by atoms with Crippen molar-refractivity contribution in [3.8, 4) is 0 Å². The zero-order valence-corrected chi connectivity index (χ0v) is 12.3. The van der Waals surface area contributed by atoms with Gasteiger partial charge in [-0.05, 0) is 32.1 Å². The van der Waals surface area contributed by atoms with Crippen LogP contribution in [0, 0.1) is 23.7 Å². The summed E-state index contributed by atoms with van der Waals surface area (Å²) in [4.78, 5) is 23.7. The lowest BCUT2D eigenvalue weighted by Crippen LogP contribution is -2.69. The van der Waals surface area contributed by atoms with Crippen molar-refractivity contribution in [2.45, 2.75) is 64.1 Å². The topological polar surface area (TPSA) is 54.0 Å². The first-order chi connectivity index (χ1) is 9.46. The summed E-state index contributed by atoms with van der Waals surface area (Å²) in [5.74, 6) is -0.137. The van der Waals surface area contributed by atoms with Crippen molar-refractivity contribution in [1.29, 1.82) is 0 Å². The summed E-state index contributed by atoms with van der Waals surface area (Å²) in [5, 5.41) is 0. The second-order valence-electron chi connectivity index (χ2n) is 7.14. The Kier molecular flexibility index (Phi) is 2.58. The Labute approximate surface area is 118 Å². The number of rotatable bonds is 0. The van der Waals surface area contributed by atoms with Gasteiger partial charge in [0, 0.05) is 18.3 Å². The minimum Gasteiger partial charge on any atom is -0.432 e. The molecule has 0 aromatic rings. The van der Waals surface area contributed by atoms with Gasteiger partial charge in [0.05, 0.1) is 5.92 Å². The lowest BCUT2D eigenvalue weighted by molar-refractivity contribution is -0.559. The van der Waals surface area contributed by atoms with Crippen molar-refractivity contribution in [2.24, 2.45) is 23.7 Å². The van der Waals surface area contributed by atoms with Crippen LogP contribution in [0.4, 0.5) is 0 Å².